The summed E-state index contributed by atoms with van der Waals surface area (Å²) in [4.78, 5) is 10.8. The number of benzene rings is 2. The van der Waals surface area contributed by atoms with Crippen LogP contribution in [0.5, 0.6) is 5.75 Å². The van der Waals surface area contributed by atoms with Crippen LogP contribution in [0, 0.1) is 10.1 Å². The van der Waals surface area contributed by atoms with Gasteiger partial charge in [0.05, 0.1) is 29.2 Å². The van der Waals surface area contributed by atoms with E-state index in [1.807, 2.05) is 0 Å². The normalized spacial score (nSPS) is 10.7. The number of hydrogen-bond donors (Lipinski definition) is 2. The maximum Gasteiger partial charge on any atom is 0.282 e. The number of nitro groups is 1. The number of fused-ring (bicyclic) bond motifs is 1. The molecule has 106 valence electrons. The van der Waals surface area contributed by atoms with E-state index in [-0.39, 0.29) is 5.69 Å². The average Bonchev–Trinajstić information content (AvgIpc) is 2.89. The van der Waals surface area contributed by atoms with Crippen molar-refractivity contribution in [2.45, 2.75) is 0 Å². The fourth-order valence-corrected chi connectivity index (χ4v) is 2.23. The smallest absolute Gasteiger partial charge is 0.282 e. The van der Waals surface area contributed by atoms with Gasteiger partial charge < -0.3 is 10.5 Å². The van der Waals surface area contributed by atoms with Crippen molar-refractivity contribution in [2.75, 3.05) is 12.8 Å². The van der Waals surface area contributed by atoms with Gasteiger partial charge >= 0.3 is 0 Å². The van der Waals surface area contributed by atoms with Gasteiger partial charge in [-0.05, 0) is 30.3 Å². The van der Waals surface area contributed by atoms with Crippen molar-refractivity contribution in [3.63, 3.8) is 0 Å². The van der Waals surface area contributed by atoms with E-state index in [9.17, 15) is 10.1 Å². The van der Waals surface area contributed by atoms with Crippen molar-refractivity contribution in [1.82, 2.24) is 10.2 Å². The van der Waals surface area contributed by atoms with Crippen molar-refractivity contribution in [1.29, 1.82) is 0 Å². The Morgan fingerprint density at radius 2 is 2.10 bits per heavy atom. The topological polar surface area (TPSA) is 107 Å². The minimum Gasteiger partial charge on any atom is -0.497 e. The van der Waals surface area contributed by atoms with Gasteiger partial charge in [0.15, 0.2) is 0 Å². The number of methoxy groups -OCH3 is 1. The molecule has 0 radical (unpaired) electrons. The van der Waals surface area contributed by atoms with Gasteiger partial charge in [0.25, 0.3) is 5.69 Å². The molecule has 21 heavy (non-hydrogen) atoms. The molecule has 0 unspecified atom stereocenters. The largest absolute Gasteiger partial charge is 0.497 e. The van der Waals surface area contributed by atoms with E-state index >= 15 is 0 Å². The number of aromatic nitrogens is 2. The summed E-state index contributed by atoms with van der Waals surface area (Å²) in [5.41, 5.74) is 7.96. The standard InChI is InChI=1S/C14H12N4O3/c1-21-9-3-4-10(13(7-9)18(19)20)14-11-6-8(15)2-5-12(11)16-17-14/h2-7H,15H2,1H3,(H,16,17). The molecule has 7 heteroatoms. The summed E-state index contributed by atoms with van der Waals surface area (Å²) in [6.07, 6.45) is 0. The van der Waals surface area contributed by atoms with Gasteiger partial charge in [-0.1, -0.05) is 0 Å². The minimum absolute atomic E-state index is 0.0647. The summed E-state index contributed by atoms with van der Waals surface area (Å²) in [6.45, 7) is 0. The van der Waals surface area contributed by atoms with Gasteiger partial charge in [-0.2, -0.15) is 5.10 Å². The number of hydrogen-bond acceptors (Lipinski definition) is 5. The van der Waals surface area contributed by atoms with E-state index in [1.165, 1.54) is 13.2 Å². The van der Waals surface area contributed by atoms with Crippen LogP contribution in [0.3, 0.4) is 0 Å². The molecule has 3 N–H and O–H groups in total. The molecule has 3 aromatic rings. The molecule has 0 aliphatic carbocycles. The zero-order chi connectivity index (χ0) is 15.0. The van der Waals surface area contributed by atoms with E-state index in [1.54, 1.807) is 30.3 Å². The monoisotopic (exact) mass is 284 g/mol. The Hall–Kier alpha value is -3.09. The molecule has 1 heterocycles. The lowest BCUT2D eigenvalue weighted by Crippen LogP contribution is -1.94. The number of nitrogens with two attached hydrogens (primary N) is 1. The second kappa shape index (κ2) is 4.78. The zero-order valence-electron chi connectivity index (χ0n) is 11.2. The van der Waals surface area contributed by atoms with Crippen LogP contribution in [0.25, 0.3) is 22.2 Å². The first-order valence-corrected chi connectivity index (χ1v) is 6.16. The second-order valence-corrected chi connectivity index (χ2v) is 4.52. The minimum atomic E-state index is -0.454. The van der Waals surface area contributed by atoms with Crippen LogP contribution in [-0.4, -0.2) is 22.2 Å². The van der Waals surface area contributed by atoms with Gasteiger partial charge in [0.1, 0.15) is 11.4 Å². The van der Waals surface area contributed by atoms with Crippen molar-refractivity contribution in [2.24, 2.45) is 0 Å². The summed E-state index contributed by atoms with van der Waals surface area (Å²) in [6, 6.07) is 9.93. The molecule has 3 rings (SSSR count). The molecule has 0 amide bonds. The Bertz CT molecular complexity index is 841. The van der Waals surface area contributed by atoms with Gasteiger partial charge in [-0.3, -0.25) is 15.2 Å². The first-order chi connectivity index (χ1) is 10.1. The fourth-order valence-electron chi connectivity index (χ4n) is 2.23. The van der Waals surface area contributed by atoms with Crippen molar-refractivity contribution >= 4 is 22.3 Å². The summed E-state index contributed by atoms with van der Waals surface area (Å²) < 4.78 is 5.03. The molecular weight excluding hydrogens is 272 g/mol. The number of nitrogens with one attached hydrogen (secondary N) is 1. The molecule has 0 fully saturated rings. The van der Waals surface area contributed by atoms with Crippen LogP contribution in [0.15, 0.2) is 36.4 Å². The number of nitrogens with zero attached hydrogens (tertiary/aromatic N) is 2. The molecule has 0 bridgehead atoms. The van der Waals surface area contributed by atoms with Gasteiger partial charge in [-0.25, -0.2) is 0 Å². The van der Waals surface area contributed by atoms with Crippen molar-refractivity contribution in [3.05, 3.63) is 46.5 Å². The lowest BCUT2D eigenvalue weighted by Gasteiger charge is -2.04. The number of nitrogen functional groups attached to an aromatic ring is 1. The molecule has 0 saturated heterocycles. The van der Waals surface area contributed by atoms with Gasteiger partial charge in [0.2, 0.25) is 0 Å². The number of ether oxygens (including phenoxy) is 1. The van der Waals surface area contributed by atoms with E-state index in [4.69, 9.17) is 10.5 Å². The molecule has 0 saturated carbocycles. The highest BCUT2D eigenvalue weighted by molar-refractivity contribution is 5.96. The summed E-state index contributed by atoms with van der Waals surface area (Å²) in [5, 5.41) is 19.0. The van der Waals surface area contributed by atoms with E-state index in [0.29, 0.717) is 22.7 Å². The van der Waals surface area contributed by atoms with Crippen LogP contribution in [-0.2, 0) is 0 Å². The first-order valence-electron chi connectivity index (χ1n) is 6.16. The Kier molecular flexibility index (Phi) is 2.94. The Morgan fingerprint density at radius 3 is 2.81 bits per heavy atom. The van der Waals surface area contributed by atoms with Crippen molar-refractivity contribution in [3.8, 4) is 17.0 Å². The van der Waals surface area contributed by atoms with E-state index in [0.717, 1.165) is 10.9 Å². The highest BCUT2D eigenvalue weighted by Gasteiger charge is 2.20. The van der Waals surface area contributed by atoms with E-state index in [2.05, 4.69) is 10.2 Å². The predicted octanol–water partition coefficient (Wildman–Crippen LogP) is 2.73. The lowest BCUT2D eigenvalue weighted by molar-refractivity contribution is -0.384. The first kappa shape index (κ1) is 12.9. The van der Waals surface area contributed by atoms with Gasteiger partial charge in [0, 0.05) is 11.1 Å². The molecule has 0 aliphatic heterocycles. The molecule has 2 aromatic carbocycles. The number of rotatable bonds is 3. The Balaban J connectivity index is 2.27. The fraction of sp³-hybridized carbons (Fsp3) is 0.0714. The van der Waals surface area contributed by atoms with Crippen LogP contribution in [0.2, 0.25) is 0 Å². The number of H-pyrrole nitrogens is 1. The zero-order valence-corrected chi connectivity index (χ0v) is 11.2. The number of anilines is 1. The Morgan fingerprint density at radius 1 is 1.29 bits per heavy atom. The predicted molar refractivity (Wildman–Crippen MR) is 79.1 cm³/mol. The third-order valence-corrected chi connectivity index (χ3v) is 3.24. The molecule has 0 atom stereocenters. The third-order valence-electron chi connectivity index (χ3n) is 3.24. The molecule has 7 nitrogen and oxygen atoms in total. The highest BCUT2D eigenvalue weighted by Crippen LogP contribution is 2.36. The SMILES string of the molecule is COc1ccc(-c2n[nH]c3ccc(N)cc23)c([N+](=O)[O-])c1. The van der Waals surface area contributed by atoms with Crippen LogP contribution < -0.4 is 10.5 Å². The van der Waals surface area contributed by atoms with Crippen LogP contribution in [0.1, 0.15) is 0 Å². The third kappa shape index (κ3) is 2.14. The molecule has 0 aliphatic rings. The average molecular weight is 284 g/mol. The second-order valence-electron chi connectivity index (χ2n) is 4.52. The number of aromatic amines is 1. The van der Waals surface area contributed by atoms with Crippen molar-refractivity contribution < 1.29 is 9.66 Å². The maximum absolute atomic E-state index is 11.3. The molecular formula is C14H12N4O3. The maximum atomic E-state index is 11.3. The summed E-state index contributed by atoms with van der Waals surface area (Å²) in [7, 11) is 1.46. The van der Waals surface area contributed by atoms with Gasteiger partial charge in [-0.15, -0.1) is 0 Å². The Labute approximate surface area is 119 Å². The summed E-state index contributed by atoms with van der Waals surface area (Å²) >= 11 is 0. The number of nitro benzene ring substituents is 1. The quantitative estimate of drug-likeness (QED) is 0.437. The molecule has 1 aromatic heterocycles. The van der Waals surface area contributed by atoms with E-state index < -0.39 is 4.92 Å². The molecule has 0 spiro atoms. The highest BCUT2D eigenvalue weighted by atomic mass is 16.6. The lowest BCUT2D eigenvalue weighted by atomic mass is 10.1. The van der Waals surface area contributed by atoms with Crippen LogP contribution in [0.4, 0.5) is 11.4 Å². The van der Waals surface area contributed by atoms with Crippen LogP contribution >= 0.6 is 0 Å². The summed E-state index contributed by atoms with van der Waals surface area (Å²) in [5.74, 6) is 0.421.